The Morgan fingerprint density at radius 2 is 1.61 bits per heavy atom. The third-order valence-electron chi connectivity index (χ3n) is 4.99. The van der Waals surface area contributed by atoms with Crippen LogP contribution in [0.25, 0.3) is 11.2 Å². The number of aromatic amines is 1. The standard InChI is InChI=1S/C19H33N5O4/c1-3-4-5-6-7-8-9-10-24-15-16(22(2)19(28)21-17(15)27)20-18(24)23(11-13-25)12-14-26/h25-26H,3-14H2,1-2H3,(H,21,27,28). The Bertz CT molecular complexity index is 848. The van der Waals surface area contributed by atoms with Crippen molar-refractivity contribution in [2.24, 2.45) is 7.05 Å². The third kappa shape index (κ3) is 5.23. The quantitative estimate of drug-likeness (QED) is 0.435. The number of imidazole rings is 1. The lowest BCUT2D eigenvalue weighted by atomic mass is 10.1. The maximum atomic E-state index is 12.5. The van der Waals surface area contributed by atoms with Gasteiger partial charge in [0.2, 0.25) is 5.95 Å². The highest BCUT2D eigenvalue weighted by molar-refractivity contribution is 5.74. The van der Waals surface area contributed by atoms with Crippen molar-refractivity contribution in [1.82, 2.24) is 19.1 Å². The first-order valence-corrected chi connectivity index (χ1v) is 10.2. The van der Waals surface area contributed by atoms with Gasteiger partial charge >= 0.3 is 5.69 Å². The van der Waals surface area contributed by atoms with Gasteiger partial charge in [0.15, 0.2) is 11.2 Å². The Kier molecular flexibility index (Phi) is 8.72. The van der Waals surface area contributed by atoms with Crippen LogP contribution in [0.1, 0.15) is 51.9 Å². The van der Waals surface area contributed by atoms with Gasteiger partial charge in [0.25, 0.3) is 5.56 Å². The molecule has 2 rings (SSSR count). The van der Waals surface area contributed by atoms with Crippen LogP contribution in [0.2, 0.25) is 0 Å². The molecule has 0 radical (unpaired) electrons. The van der Waals surface area contributed by atoms with Crippen molar-refractivity contribution in [3.63, 3.8) is 0 Å². The molecule has 0 aliphatic heterocycles. The van der Waals surface area contributed by atoms with E-state index < -0.39 is 11.2 Å². The summed E-state index contributed by atoms with van der Waals surface area (Å²) in [6.07, 6.45) is 8.02. The highest BCUT2D eigenvalue weighted by Gasteiger charge is 2.21. The number of nitrogens with zero attached hydrogens (tertiary/aromatic N) is 4. The number of unbranched alkanes of at least 4 members (excludes halogenated alkanes) is 6. The van der Waals surface area contributed by atoms with E-state index in [4.69, 9.17) is 0 Å². The summed E-state index contributed by atoms with van der Waals surface area (Å²) in [4.78, 5) is 33.0. The zero-order valence-corrected chi connectivity index (χ0v) is 17.0. The van der Waals surface area contributed by atoms with Crippen molar-refractivity contribution in [1.29, 1.82) is 0 Å². The lowest BCUT2D eigenvalue weighted by molar-refractivity contribution is 0.279. The van der Waals surface area contributed by atoms with Crippen molar-refractivity contribution in [3.05, 3.63) is 20.8 Å². The van der Waals surface area contributed by atoms with Crippen molar-refractivity contribution < 1.29 is 10.2 Å². The Hall–Kier alpha value is -2.13. The highest BCUT2D eigenvalue weighted by Crippen LogP contribution is 2.20. The van der Waals surface area contributed by atoms with Crippen molar-refractivity contribution in [2.75, 3.05) is 31.2 Å². The van der Waals surface area contributed by atoms with E-state index in [0.717, 1.165) is 19.3 Å². The minimum atomic E-state index is -0.513. The zero-order chi connectivity index (χ0) is 20.5. The molecule has 0 bridgehead atoms. The molecular formula is C19H33N5O4. The van der Waals surface area contributed by atoms with E-state index in [2.05, 4.69) is 16.9 Å². The summed E-state index contributed by atoms with van der Waals surface area (Å²) in [5.74, 6) is 0.496. The summed E-state index contributed by atoms with van der Waals surface area (Å²) < 4.78 is 3.13. The molecule has 2 aromatic rings. The van der Waals surface area contributed by atoms with Crippen LogP contribution in [0.15, 0.2) is 9.59 Å². The fourth-order valence-electron chi connectivity index (χ4n) is 3.46. The molecule has 3 N–H and O–H groups in total. The average molecular weight is 396 g/mol. The van der Waals surface area contributed by atoms with Gasteiger partial charge in [0, 0.05) is 26.7 Å². The smallest absolute Gasteiger partial charge is 0.329 e. The first-order valence-electron chi connectivity index (χ1n) is 10.2. The SMILES string of the molecule is CCCCCCCCCn1c(N(CCO)CCO)nc2c1c(=O)[nH]c(=O)n2C. The number of aryl methyl sites for hydroxylation is 2. The molecule has 0 saturated carbocycles. The van der Waals surface area contributed by atoms with Gasteiger partial charge in [-0.25, -0.2) is 4.79 Å². The molecule has 0 aliphatic carbocycles. The molecule has 28 heavy (non-hydrogen) atoms. The van der Waals surface area contributed by atoms with Crippen LogP contribution in [0.5, 0.6) is 0 Å². The van der Waals surface area contributed by atoms with E-state index >= 15 is 0 Å². The number of fused-ring (bicyclic) bond motifs is 1. The molecule has 158 valence electrons. The molecular weight excluding hydrogens is 362 g/mol. The Morgan fingerprint density at radius 3 is 2.21 bits per heavy atom. The predicted octanol–water partition coefficient (Wildman–Crippen LogP) is 0.965. The second-order valence-corrected chi connectivity index (χ2v) is 7.11. The Morgan fingerprint density at radius 1 is 1.00 bits per heavy atom. The second kappa shape index (κ2) is 11.0. The highest BCUT2D eigenvalue weighted by atomic mass is 16.3. The first-order chi connectivity index (χ1) is 13.5. The molecule has 0 spiro atoms. The van der Waals surface area contributed by atoms with Crippen LogP contribution in [0.3, 0.4) is 0 Å². The molecule has 0 amide bonds. The summed E-state index contributed by atoms with van der Waals surface area (Å²) >= 11 is 0. The molecule has 0 saturated heterocycles. The number of rotatable bonds is 13. The topological polar surface area (TPSA) is 116 Å². The normalized spacial score (nSPS) is 11.4. The average Bonchev–Trinajstić information content (AvgIpc) is 3.05. The molecule has 0 atom stereocenters. The molecule has 2 aromatic heterocycles. The van der Waals surface area contributed by atoms with Crippen molar-refractivity contribution >= 4 is 17.1 Å². The van der Waals surface area contributed by atoms with Gasteiger partial charge in [0.1, 0.15) is 0 Å². The summed E-state index contributed by atoms with van der Waals surface area (Å²) in [5.41, 5.74) is -0.315. The fraction of sp³-hybridized carbons (Fsp3) is 0.737. The van der Waals surface area contributed by atoms with Crippen LogP contribution in [-0.2, 0) is 13.6 Å². The summed E-state index contributed by atoms with van der Waals surface area (Å²) in [7, 11) is 1.57. The number of hydrogen-bond acceptors (Lipinski definition) is 6. The largest absolute Gasteiger partial charge is 0.395 e. The van der Waals surface area contributed by atoms with Crippen LogP contribution < -0.4 is 16.1 Å². The van der Waals surface area contributed by atoms with Crippen LogP contribution >= 0.6 is 0 Å². The first kappa shape index (κ1) is 22.2. The monoisotopic (exact) mass is 395 g/mol. The molecule has 9 heteroatoms. The van der Waals surface area contributed by atoms with Crippen LogP contribution in [-0.4, -0.2) is 55.6 Å². The van der Waals surface area contributed by atoms with Crippen LogP contribution in [0.4, 0.5) is 5.95 Å². The molecule has 0 unspecified atom stereocenters. The number of hydrogen-bond donors (Lipinski definition) is 3. The van der Waals surface area contributed by atoms with Gasteiger partial charge in [-0.2, -0.15) is 4.98 Å². The molecule has 2 heterocycles. The van der Waals surface area contributed by atoms with Gasteiger partial charge in [-0.15, -0.1) is 0 Å². The maximum absolute atomic E-state index is 12.5. The Balaban J connectivity index is 2.31. The number of aliphatic hydroxyl groups excluding tert-OH is 2. The van der Waals surface area contributed by atoms with E-state index in [1.54, 1.807) is 11.9 Å². The van der Waals surface area contributed by atoms with Crippen LogP contribution in [0, 0.1) is 0 Å². The van der Waals surface area contributed by atoms with Crippen molar-refractivity contribution in [2.45, 2.75) is 58.4 Å². The summed E-state index contributed by atoms with van der Waals surface area (Å²) in [5, 5.41) is 18.8. The van der Waals surface area contributed by atoms with E-state index in [1.165, 1.54) is 30.3 Å². The van der Waals surface area contributed by atoms with E-state index in [1.807, 2.05) is 4.57 Å². The van der Waals surface area contributed by atoms with Crippen molar-refractivity contribution in [3.8, 4) is 0 Å². The number of H-pyrrole nitrogens is 1. The minimum absolute atomic E-state index is 0.101. The van der Waals surface area contributed by atoms with E-state index in [-0.39, 0.29) is 26.3 Å². The van der Waals surface area contributed by atoms with E-state index in [9.17, 15) is 19.8 Å². The second-order valence-electron chi connectivity index (χ2n) is 7.11. The zero-order valence-electron chi connectivity index (χ0n) is 17.0. The number of nitrogens with one attached hydrogen (secondary N) is 1. The van der Waals surface area contributed by atoms with Gasteiger partial charge in [-0.05, 0) is 6.42 Å². The van der Waals surface area contributed by atoms with Gasteiger partial charge in [0.05, 0.1) is 13.2 Å². The Labute approximate surface area is 164 Å². The fourth-order valence-corrected chi connectivity index (χ4v) is 3.46. The van der Waals surface area contributed by atoms with Gasteiger partial charge in [-0.3, -0.25) is 14.3 Å². The third-order valence-corrected chi connectivity index (χ3v) is 4.99. The summed E-state index contributed by atoms with van der Waals surface area (Å²) in [6, 6.07) is 0. The van der Waals surface area contributed by atoms with Gasteiger partial charge < -0.3 is 19.7 Å². The lowest BCUT2D eigenvalue weighted by Gasteiger charge is -2.22. The molecule has 0 aliphatic rings. The molecule has 0 aromatic carbocycles. The molecule has 0 fully saturated rings. The van der Waals surface area contributed by atoms with Gasteiger partial charge in [-0.1, -0.05) is 45.4 Å². The summed E-state index contributed by atoms with van der Waals surface area (Å²) in [6.45, 7) is 3.15. The minimum Gasteiger partial charge on any atom is -0.395 e. The number of aliphatic hydroxyl groups is 2. The molecule has 9 nitrogen and oxygen atoms in total. The number of anilines is 1. The maximum Gasteiger partial charge on any atom is 0.329 e. The number of aromatic nitrogens is 4. The van der Waals surface area contributed by atoms with E-state index in [0.29, 0.717) is 23.7 Å². The lowest BCUT2D eigenvalue weighted by Crippen LogP contribution is -2.32. The predicted molar refractivity (Wildman–Crippen MR) is 110 cm³/mol.